The molecule has 0 aliphatic carbocycles. The van der Waals surface area contributed by atoms with Crippen LogP contribution in [0.3, 0.4) is 0 Å². The summed E-state index contributed by atoms with van der Waals surface area (Å²) in [7, 11) is -0.381. The Bertz CT molecular complexity index is 576. The van der Waals surface area contributed by atoms with Crippen LogP contribution in [0.5, 0.6) is 0 Å². The van der Waals surface area contributed by atoms with Crippen LogP contribution < -0.4 is 0 Å². The largest absolute Gasteiger partial charge is 0.490 e. The molecule has 0 aromatic rings. The zero-order valence-corrected chi connectivity index (χ0v) is 16.0. The second-order valence-corrected chi connectivity index (χ2v) is 9.53. The minimum atomic E-state index is -0.823. The third-order valence-corrected chi connectivity index (χ3v) is 6.61. The summed E-state index contributed by atoms with van der Waals surface area (Å²) >= 11 is 0. The van der Waals surface area contributed by atoms with E-state index in [0.29, 0.717) is 6.42 Å². The third kappa shape index (κ3) is 2.33. The van der Waals surface area contributed by atoms with E-state index in [9.17, 15) is 9.90 Å². The molecule has 0 saturated carbocycles. The molecule has 0 aromatic heterocycles. The zero-order chi connectivity index (χ0) is 18.1. The Labute approximate surface area is 145 Å². The highest BCUT2D eigenvalue weighted by Crippen LogP contribution is 2.53. The van der Waals surface area contributed by atoms with E-state index in [1.165, 1.54) is 0 Å². The highest BCUT2D eigenvalue weighted by molar-refractivity contribution is 6.54. The van der Waals surface area contributed by atoms with Crippen LogP contribution in [0.15, 0.2) is 11.5 Å². The summed E-state index contributed by atoms with van der Waals surface area (Å²) < 4.78 is 12.4. The molecule has 2 fully saturated rings. The second-order valence-electron chi connectivity index (χ2n) is 9.53. The SMILES string of the molecule is CC(C)(C)C12C=C(B3OC(C)(C)C(C)(C)O3)CC(CC1)N2C(=O)O. The van der Waals surface area contributed by atoms with Gasteiger partial charge in [-0.25, -0.2) is 4.79 Å². The Hall–Kier alpha value is -1.01. The number of hydrogen-bond acceptors (Lipinski definition) is 3. The molecule has 1 amide bonds. The highest BCUT2D eigenvalue weighted by Gasteiger charge is 2.60. The first kappa shape index (κ1) is 17.8. The summed E-state index contributed by atoms with van der Waals surface area (Å²) in [6.07, 6.45) is 3.77. The molecule has 0 aromatic carbocycles. The summed E-state index contributed by atoms with van der Waals surface area (Å²) in [5.41, 5.74) is -0.327. The van der Waals surface area contributed by atoms with Gasteiger partial charge in [-0.15, -0.1) is 0 Å². The fourth-order valence-electron chi connectivity index (χ4n) is 4.37. The Morgan fingerprint density at radius 3 is 2.25 bits per heavy atom. The fraction of sp³-hybridized carbons (Fsp3) is 0.833. The van der Waals surface area contributed by atoms with Gasteiger partial charge in [-0.2, -0.15) is 0 Å². The van der Waals surface area contributed by atoms with Crippen LogP contribution in [0.2, 0.25) is 0 Å². The summed E-state index contributed by atoms with van der Waals surface area (Å²) in [6, 6.07) is 0.0146. The van der Waals surface area contributed by atoms with E-state index in [-0.39, 0.29) is 29.8 Å². The smallest absolute Gasteiger partial charge is 0.465 e. The van der Waals surface area contributed by atoms with E-state index in [2.05, 4.69) is 26.8 Å². The lowest BCUT2D eigenvalue weighted by Crippen LogP contribution is -2.59. The van der Waals surface area contributed by atoms with Crippen molar-refractivity contribution in [3.8, 4) is 0 Å². The van der Waals surface area contributed by atoms with E-state index in [1.807, 2.05) is 27.7 Å². The average molecular weight is 335 g/mol. The van der Waals surface area contributed by atoms with E-state index in [1.54, 1.807) is 4.90 Å². The van der Waals surface area contributed by atoms with E-state index >= 15 is 0 Å². The first-order valence-corrected chi connectivity index (χ1v) is 8.90. The normalized spacial score (nSPS) is 34.5. The first-order valence-electron chi connectivity index (χ1n) is 8.90. The summed E-state index contributed by atoms with van der Waals surface area (Å²) in [5, 5.41) is 9.80. The molecule has 3 heterocycles. The molecule has 1 N–H and O–H groups in total. The van der Waals surface area contributed by atoms with Gasteiger partial charge in [0.1, 0.15) is 0 Å². The molecule has 3 aliphatic heterocycles. The Morgan fingerprint density at radius 1 is 1.25 bits per heavy atom. The minimum absolute atomic E-state index is 0.0146. The maximum absolute atomic E-state index is 11.9. The standard InChI is InChI=1S/C18H30BNO4/c1-15(2,3)18-9-8-13(20(18)14(21)22)10-12(11-18)19-23-16(4,5)17(6,7)24-19/h11,13H,8-10H2,1-7H3,(H,21,22). The van der Waals surface area contributed by atoms with E-state index in [0.717, 1.165) is 18.3 Å². The number of hydrogen-bond donors (Lipinski definition) is 1. The first-order chi connectivity index (χ1) is 10.8. The highest BCUT2D eigenvalue weighted by atomic mass is 16.7. The summed E-state index contributed by atoms with van der Waals surface area (Å²) in [5.74, 6) is 0. The molecule has 3 rings (SSSR count). The van der Waals surface area contributed by atoms with Crippen LogP contribution in [0.4, 0.5) is 4.79 Å². The lowest BCUT2D eigenvalue weighted by Gasteiger charge is -2.49. The number of carboxylic acid groups (broad SMARTS) is 1. The molecule has 0 radical (unpaired) electrons. The van der Waals surface area contributed by atoms with Gasteiger partial charge in [-0.1, -0.05) is 26.8 Å². The van der Waals surface area contributed by atoms with E-state index < -0.39 is 11.6 Å². The molecule has 24 heavy (non-hydrogen) atoms. The number of rotatable bonds is 1. The molecule has 0 spiro atoms. The van der Waals surface area contributed by atoms with Crippen molar-refractivity contribution >= 4 is 13.2 Å². The van der Waals surface area contributed by atoms with Crippen LogP contribution in [-0.2, 0) is 9.31 Å². The topological polar surface area (TPSA) is 59.0 Å². The van der Waals surface area contributed by atoms with Crippen LogP contribution in [0, 0.1) is 5.41 Å². The van der Waals surface area contributed by atoms with Gasteiger partial charge >= 0.3 is 13.2 Å². The lowest BCUT2D eigenvalue weighted by atomic mass is 9.65. The maximum Gasteiger partial charge on any atom is 0.490 e. The zero-order valence-electron chi connectivity index (χ0n) is 16.0. The number of fused-ring (bicyclic) bond motifs is 2. The van der Waals surface area contributed by atoms with Crippen molar-refractivity contribution in [3.63, 3.8) is 0 Å². The van der Waals surface area contributed by atoms with Gasteiger partial charge < -0.3 is 14.4 Å². The molecular formula is C18H30BNO4. The van der Waals surface area contributed by atoms with Crippen molar-refractivity contribution in [1.82, 2.24) is 4.90 Å². The number of nitrogens with zero attached hydrogens (tertiary/aromatic N) is 1. The monoisotopic (exact) mass is 335 g/mol. The van der Waals surface area contributed by atoms with Crippen molar-refractivity contribution in [2.75, 3.05) is 0 Å². The molecule has 2 atom stereocenters. The van der Waals surface area contributed by atoms with Gasteiger partial charge in [0.25, 0.3) is 0 Å². The Morgan fingerprint density at radius 2 is 1.79 bits per heavy atom. The van der Waals surface area contributed by atoms with Crippen molar-refractivity contribution < 1.29 is 19.2 Å². The summed E-state index contributed by atoms with van der Waals surface area (Å²) in [6.45, 7) is 14.6. The van der Waals surface area contributed by atoms with Gasteiger partial charge in [0.05, 0.1) is 16.7 Å². The van der Waals surface area contributed by atoms with Crippen molar-refractivity contribution in [2.45, 2.75) is 90.5 Å². The number of carbonyl (C=O) groups is 1. The molecule has 134 valence electrons. The third-order valence-electron chi connectivity index (χ3n) is 6.61. The molecule has 2 saturated heterocycles. The van der Waals surface area contributed by atoms with Crippen LogP contribution >= 0.6 is 0 Å². The van der Waals surface area contributed by atoms with Gasteiger partial charge in [0.15, 0.2) is 0 Å². The van der Waals surface area contributed by atoms with Gasteiger partial charge in [-0.3, -0.25) is 4.90 Å². The maximum atomic E-state index is 11.9. The van der Waals surface area contributed by atoms with Crippen molar-refractivity contribution in [1.29, 1.82) is 0 Å². The van der Waals surface area contributed by atoms with Gasteiger partial charge in [0.2, 0.25) is 0 Å². The van der Waals surface area contributed by atoms with Crippen LogP contribution in [-0.4, -0.2) is 46.0 Å². The van der Waals surface area contributed by atoms with Crippen molar-refractivity contribution in [3.05, 3.63) is 11.5 Å². The number of amides is 1. The molecule has 6 heteroatoms. The Kier molecular flexibility index (Phi) is 3.72. The van der Waals surface area contributed by atoms with Crippen LogP contribution in [0.25, 0.3) is 0 Å². The van der Waals surface area contributed by atoms with Gasteiger partial charge in [0, 0.05) is 6.04 Å². The van der Waals surface area contributed by atoms with Crippen LogP contribution in [0.1, 0.15) is 67.7 Å². The lowest BCUT2D eigenvalue weighted by molar-refractivity contribution is 0.00578. The summed E-state index contributed by atoms with van der Waals surface area (Å²) in [4.78, 5) is 13.6. The minimum Gasteiger partial charge on any atom is -0.465 e. The molecule has 2 bridgehead atoms. The fourth-order valence-corrected chi connectivity index (χ4v) is 4.37. The predicted molar refractivity (Wildman–Crippen MR) is 93.9 cm³/mol. The molecule has 2 unspecified atom stereocenters. The quantitative estimate of drug-likeness (QED) is 0.739. The molecule has 3 aliphatic rings. The second kappa shape index (κ2) is 5.01. The predicted octanol–water partition coefficient (Wildman–Crippen LogP) is 3.88. The molecular weight excluding hydrogens is 305 g/mol. The molecule has 5 nitrogen and oxygen atoms in total. The van der Waals surface area contributed by atoms with E-state index in [4.69, 9.17) is 9.31 Å². The van der Waals surface area contributed by atoms with Gasteiger partial charge in [-0.05, 0) is 57.8 Å². The van der Waals surface area contributed by atoms with Crippen molar-refractivity contribution in [2.24, 2.45) is 5.41 Å². The average Bonchev–Trinajstić information content (AvgIpc) is 2.77. The Balaban J connectivity index is 2.01.